The van der Waals surface area contributed by atoms with Crippen LogP contribution in [0.3, 0.4) is 0 Å². The summed E-state index contributed by atoms with van der Waals surface area (Å²) in [5.41, 5.74) is 1.80. The number of amides is 1. The van der Waals surface area contributed by atoms with E-state index in [-0.39, 0.29) is 15.6 Å². The van der Waals surface area contributed by atoms with Crippen molar-refractivity contribution < 1.29 is 17.9 Å². The highest BCUT2D eigenvalue weighted by atomic mass is 32.2. The van der Waals surface area contributed by atoms with Crippen LogP contribution in [0.15, 0.2) is 52.9 Å². The van der Waals surface area contributed by atoms with Crippen molar-refractivity contribution in [3.8, 4) is 5.75 Å². The first-order valence-corrected chi connectivity index (χ1v) is 11.0. The largest absolute Gasteiger partial charge is 0.491 e. The van der Waals surface area contributed by atoms with Gasteiger partial charge in [0.25, 0.3) is 20.3 Å². The van der Waals surface area contributed by atoms with Gasteiger partial charge in [0.05, 0.1) is 11.8 Å². The van der Waals surface area contributed by atoms with Crippen molar-refractivity contribution in [3.63, 3.8) is 0 Å². The number of carbonyl (C=O) groups is 1. The predicted molar refractivity (Wildman–Crippen MR) is 112 cm³/mol. The summed E-state index contributed by atoms with van der Waals surface area (Å²) in [7, 11) is -3.96. The molecule has 10 heteroatoms. The number of nitrogens with zero attached hydrogens (tertiary/aromatic N) is 2. The molecule has 0 saturated carbocycles. The van der Waals surface area contributed by atoms with Crippen LogP contribution in [0.25, 0.3) is 0 Å². The Balaban J connectivity index is 1.71. The lowest BCUT2D eigenvalue weighted by atomic mass is 10.1. The Morgan fingerprint density at radius 3 is 2.52 bits per heavy atom. The van der Waals surface area contributed by atoms with Crippen LogP contribution in [-0.2, 0) is 10.0 Å². The van der Waals surface area contributed by atoms with E-state index in [9.17, 15) is 13.2 Å². The van der Waals surface area contributed by atoms with E-state index >= 15 is 0 Å². The summed E-state index contributed by atoms with van der Waals surface area (Å²) in [5, 5.41) is 10.1. The molecule has 29 heavy (non-hydrogen) atoms. The average Bonchev–Trinajstić information content (AvgIpc) is 3.11. The number of sulfonamides is 1. The molecule has 2 aromatic carbocycles. The minimum Gasteiger partial charge on any atom is -0.491 e. The molecule has 0 bridgehead atoms. The van der Waals surface area contributed by atoms with Crippen molar-refractivity contribution in [1.29, 1.82) is 0 Å². The van der Waals surface area contributed by atoms with Crippen LogP contribution < -0.4 is 14.8 Å². The van der Waals surface area contributed by atoms with Gasteiger partial charge in [-0.1, -0.05) is 35.1 Å². The monoisotopic (exact) mass is 432 g/mol. The van der Waals surface area contributed by atoms with Gasteiger partial charge < -0.3 is 4.74 Å². The highest BCUT2D eigenvalue weighted by molar-refractivity contribution is 7.94. The molecule has 1 amide bonds. The molecule has 3 aromatic rings. The number of rotatable bonds is 7. The van der Waals surface area contributed by atoms with E-state index in [0.29, 0.717) is 17.0 Å². The van der Waals surface area contributed by atoms with Crippen molar-refractivity contribution in [3.05, 3.63) is 59.7 Å². The standard InChI is InChI=1S/C19H20N4O4S2/c1-12(2)27-16-6-4-5-15(11-16)23-29(25,26)19-22-21-18(28-19)20-17(24)14-9-7-13(3)8-10-14/h4-12,23H,1-3H3,(H,20,21,24). The fourth-order valence-electron chi connectivity index (χ4n) is 2.35. The van der Waals surface area contributed by atoms with Crippen molar-refractivity contribution >= 4 is 38.1 Å². The number of benzene rings is 2. The molecule has 0 aliphatic carbocycles. The normalized spacial score (nSPS) is 11.3. The first kappa shape index (κ1) is 20.7. The van der Waals surface area contributed by atoms with Crippen LogP contribution in [0.1, 0.15) is 29.8 Å². The van der Waals surface area contributed by atoms with Crippen LogP contribution in [0, 0.1) is 6.92 Å². The third kappa shape index (κ3) is 5.52. The molecule has 0 atom stereocenters. The minimum atomic E-state index is -3.96. The molecule has 0 aliphatic heterocycles. The molecule has 2 N–H and O–H groups in total. The molecule has 1 aromatic heterocycles. The molecule has 0 unspecified atom stereocenters. The maximum Gasteiger partial charge on any atom is 0.291 e. The zero-order chi connectivity index (χ0) is 21.0. The zero-order valence-corrected chi connectivity index (χ0v) is 17.7. The number of aryl methyl sites for hydroxylation is 1. The van der Waals surface area contributed by atoms with Crippen LogP contribution in [-0.4, -0.2) is 30.6 Å². The van der Waals surface area contributed by atoms with Gasteiger partial charge in [-0.25, -0.2) is 0 Å². The van der Waals surface area contributed by atoms with Crippen LogP contribution in [0.2, 0.25) is 0 Å². The lowest BCUT2D eigenvalue weighted by molar-refractivity contribution is 0.102. The van der Waals surface area contributed by atoms with Gasteiger partial charge in [0.1, 0.15) is 5.75 Å². The third-order valence-corrected chi connectivity index (χ3v) is 6.22. The van der Waals surface area contributed by atoms with Crippen molar-refractivity contribution in [1.82, 2.24) is 10.2 Å². The molecular weight excluding hydrogens is 412 g/mol. The topological polar surface area (TPSA) is 110 Å². The van der Waals surface area contributed by atoms with Crippen molar-refractivity contribution in [2.24, 2.45) is 0 Å². The summed E-state index contributed by atoms with van der Waals surface area (Å²) in [6.07, 6.45) is -0.0373. The number of nitrogens with one attached hydrogen (secondary N) is 2. The fraction of sp³-hybridized carbons (Fsp3) is 0.211. The maximum atomic E-state index is 12.6. The molecule has 0 saturated heterocycles. The Bertz CT molecular complexity index is 1110. The smallest absolute Gasteiger partial charge is 0.291 e. The van der Waals surface area contributed by atoms with Gasteiger partial charge in [0.15, 0.2) is 0 Å². The minimum absolute atomic E-state index is 0.0373. The summed E-state index contributed by atoms with van der Waals surface area (Å²) < 4.78 is 32.9. The summed E-state index contributed by atoms with van der Waals surface area (Å²) >= 11 is 0.764. The Labute approximate surface area is 173 Å². The quantitative estimate of drug-likeness (QED) is 0.551. The first-order chi connectivity index (χ1) is 13.7. The van der Waals surface area contributed by atoms with Gasteiger partial charge in [0, 0.05) is 11.6 Å². The molecule has 3 rings (SSSR count). The number of ether oxygens (including phenoxy) is 1. The Hall–Kier alpha value is -2.98. The van der Waals surface area contributed by atoms with E-state index in [1.165, 1.54) is 0 Å². The second-order valence-corrected chi connectivity index (χ2v) is 9.33. The van der Waals surface area contributed by atoms with Crippen LogP contribution >= 0.6 is 11.3 Å². The van der Waals surface area contributed by atoms with Crippen molar-refractivity contribution in [2.45, 2.75) is 31.2 Å². The SMILES string of the molecule is Cc1ccc(C(=O)Nc2nnc(S(=O)(=O)Nc3cccc(OC(C)C)c3)s2)cc1. The summed E-state index contributed by atoms with van der Waals surface area (Å²) in [6.45, 7) is 5.68. The second kappa shape index (κ2) is 8.58. The average molecular weight is 433 g/mol. The lowest BCUT2D eigenvalue weighted by Crippen LogP contribution is -2.13. The number of aromatic nitrogens is 2. The molecule has 152 valence electrons. The van der Waals surface area contributed by atoms with Gasteiger partial charge in [-0.15, -0.1) is 10.2 Å². The molecule has 0 radical (unpaired) electrons. The van der Waals surface area contributed by atoms with Gasteiger partial charge >= 0.3 is 0 Å². The predicted octanol–water partition coefficient (Wildman–Crippen LogP) is 3.69. The number of anilines is 2. The number of hydrogen-bond acceptors (Lipinski definition) is 7. The number of carbonyl (C=O) groups excluding carboxylic acids is 1. The van der Waals surface area contributed by atoms with Gasteiger partial charge in [-0.2, -0.15) is 8.42 Å². The molecule has 0 spiro atoms. The fourth-order valence-corrected chi connectivity index (χ4v) is 4.29. The second-order valence-electron chi connectivity index (χ2n) is 6.49. The summed E-state index contributed by atoms with van der Waals surface area (Å²) in [4.78, 5) is 12.2. The number of hydrogen-bond donors (Lipinski definition) is 2. The Morgan fingerprint density at radius 1 is 1.10 bits per heavy atom. The van der Waals surface area contributed by atoms with Crippen molar-refractivity contribution in [2.75, 3.05) is 10.0 Å². The van der Waals surface area contributed by atoms with Crippen LogP contribution in [0.4, 0.5) is 10.8 Å². The van der Waals surface area contributed by atoms with E-state index in [2.05, 4.69) is 20.2 Å². The van der Waals surface area contributed by atoms with Gasteiger partial charge in [-0.05, 0) is 45.0 Å². The molecule has 8 nitrogen and oxygen atoms in total. The van der Waals surface area contributed by atoms with Crippen LogP contribution in [0.5, 0.6) is 5.75 Å². The molecule has 0 aliphatic rings. The molecule has 0 fully saturated rings. The van der Waals surface area contributed by atoms with E-state index in [1.54, 1.807) is 36.4 Å². The van der Waals surface area contributed by atoms with Gasteiger partial charge in [-0.3, -0.25) is 14.8 Å². The zero-order valence-electron chi connectivity index (χ0n) is 16.0. The van der Waals surface area contributed by atoms with E-state index in [0.717, 1.165) is 16.9 Å². The Kier molecular flexibility index (Phi) is 6.14. The lowest BCUT2D eigenvalue weighted by Gasteiger charge is -2.11. The highest BCUT2D eigenvalue weighted by Crippen LogP contribution is 2.25. The molecular formula is C19H20N4O4S2. The Morgan fingerprint density at radius 2 is 1.83 bits per heavy atom. The van der Waals surface area contributed by atoms with E-state index in [1.807, 2.05) is 32.9 Å². The highest BCUT2D eigenvalue weighted by Gasteiger charge is 2.21. The first-order valence-electron chi connectivity index (χ1n) is 8.74. The maximum absolute atomic E-state index is 12.6. The third-order valence-electron chi connectivity index (χ3n) is 3.63. The molecule has 1 heterocycles. The summed E-state index contributed by atoms with van der Waals surface area (Å²) in [6, 6.07) is 13.6. The van der Waals surface area contributed by atoms with E-state index < -0.39 is 15.9 Å². The van der Waals surface area contributed by atoms with E-state index in [4.69, 9.17) is 4.74 Å². The summed E-state index contributed by atoms with van der Waals surface area (Å²) in [5.74, 6) is 0.153. The van der Waals surface area contributed by atoms with Gasteiger partial charge in [0.2, 0.25) is 5.13 Å².